The maximum atomic E-state index is 11.0. The van der Waals surface area contributed by atoms with E-state index >= 15 is 0 Å². The largest absolute Gasteiger partial charge is 0.408 e. The minimum absolute atomic E-state index is 0.0195. The highest BCUT2D eigenvalue weighted by Gasteiger charge is 2.52. The average molecular weight is 467 g/mol. The predicted molar refractivity (Wildman–Crippen MR) is 129 cm³/mol. The summed E-state index contributed by atoms with van der Waals surface area (Å²) >= 11 is 0. The third kappa shape index (κ3) is 6.73. The first-order valence-corrected chi connectivity index (χ1v) is 14.2. The summed E-state index contributed by atoms with van der Waals surface area (Å²) in [5.41, 5.74) is 1.00. The van der Waals surface area contributed by atoms with Gasteiger partial charge in [0.25, 0.3) is 0 Å². The fourth-order valence-corrected chi connectivity index (χ4v) is 4.94. The lowest BCUT2D eigenvalue weighted by atomic mass is 9.92. The Morgan fingerprint density at radius 1 is 1.19 bits per heavy atom. The van der Waals surface area contributed by atoms with E-state index in [1.807, 2.05) is 44.2 Å². The highest BCUT2D eigenvalue weighted by atomic mass is 28.4. The van der Waals surface area contributed by atoms with Crippen molar-refractivity contribution in [3.8, 4) is 0 Å². The van der Waals surface area contributed by atoms with Crippen molar-refractivity contribution in [2.75, 3.05) is 13.9 Å². The van der Waals surface area contributed by atoms with Crippen LogP contribution in [0.25, 0.3) is 0 Å². The van der Waals surface area contributed by atoms with Crippen molar-refractivity contribution in [1.82, 2.24) is 0 Å². The third-order valence-electron chi connectivity index (χ3n) is 6.31. The van der Waals surface area contributed by atoms with E-state index in [4.69, 9.17) is 23.4 Å². The SMILES string of the molecule is C=CC[C@H](O)[C@H](OCOC)[C@H]1OC(C)(C)O[C@H](c2ccccc2)[C@H]1O[Si](C)(C)C(C)(C)C. The second-order valence-corrected chi connectivity index (χ2v) is 15.2. The molecule has 182 valence electrons. The number of ether oxygens (including phenoxy) is 4. The summed E-state index contributed by atoms with van der Waals surface area (Å²) < 4.78 is 31.0. The molecular formula is C25H42O6Si. The van der Waals surface area contributed by atoms with Crippen LogP contribution in [0.4, 0.5) is 0 Å². The number of hydrogen-bond donors (Lipinski definition) is 1. The zero-order valence-electron chi connectivity index (χ0n) is 21.0. The van der Waals surface area contributed by atoms with Crippen molar-refractivity contribution >= 4 is 8.32 Å². The normalized spacial score (nSPS) is 25.8. The molecule has 0 unspecified atom stereocenters. The van der Waals surface area contributed by atoms with Gasteiger partial charge in [0.05, 0.1) is 6.10 Å². The number of aliphatic hydroxyl groups is 1. The summed E-state index contributed by atoms with van der Waals surface area (Å²) in [6.45, 7) is 18.6. The molecule has 32 heavy (non-hydrogen) atoms. The van der Waals surface area contributed by atoms with Gasteiger partial charge in [0.15, 0.2) is 14.1 Å². The molecular weight excluding hydrogens is 424 g/mol. The Kier molecular flexibility index (Phi) is 9.27. The molecule has 1 fully saturated rings. The molecule has 0 amide bonds. The molecule has 0 spiro atoms. The third-order valence-corrected chi connectivity index (χ3v) is 10.8. The quantitative estimate of drug-likeness (QED) is 0.291. The minimum atomic E-state index is -2.23. The van der Waals surface area contributed by atoms with Crippen LogP contribution < -0.4 is 0 Å². The Hall–Kier alpha value is -1.06. The van der Waals surface area contributed by atoms with Gasteiger partial charge in [-0.2, -0.15) is 0 Å². The molecule has 1 saturated heterocycles. The Bertz CT molecular complexity index is 715. The van der Waals surface area contributed by atoms with Crippen LogP contribution >= 0.6 is 0 Å². The zero-order chi connectivity index (χ0) is 24.2. The van der Waals surface area contributed by atoms with E-state index in [-0.39, 0.29) is 17.9 Å². The fraction of sp³-hybridized carbons (Fsp3) is 0.680. The van der Waals surface area contributed by atoms with Crippen LogP contribution in [0.5, 0.6) is 0 Å². The van der Waals surface area contributed by atoms with Crippen LogP contribution in [0, 0.1) is 0 Å². The van der Waals surface area contributed by atoms with Crippen molar-refractivity contribution in [1.29, 1.82) is 0 Å². The fourth-order valence-electron chi connectivity index (χ4n) is 3.64. The Morgan fingerprint density at radius 3 is 2.34 bits per heavy atom. The maximum absolute atomic E-state index is 11.0. The van der Waals surface area contributed by atoms with Gasteiger partial charge < -0.3 is 28.5 Å². The molecule has 2 rings (SSSR count). The van der Waals surface area contributed by atoms with Gasteiger partial charge in [-0.05, 0) is 44.0 Å². The summed E-state index contributed by atoms with van der Waals surface area (Å²) in [6, 6.07) is 10.0. The first-order chi connectivity index (χ1) is 14.8. The molecule has 7 heteroatoms. The number of benzene rings is 1. The number of rotatable bonds is 10. The summed E-state index contributed by atoms with van der Waals surface area (Å²) in [6.07, 6.45) is -0.922. The van der Waals surface area contributed by atoms with Gasteiger partial charge >= 0.3 is 0 Å². The summed E-state index contributed by atoms with van der Waals surface area (Å²) in [5.74, 6) is -0.902. The van der Waals surface area contributed by atoms with E-state index in [1.165, 1.54) is 0 Å². The van der Waals surface area contributed by atoms with E-state index in [1.54, 1.807) is 13.2 Å². The van der Waals surface area contributed by atoms with Crippen LogP contribution in [0.15, 0.2) is 43.0 Å². The standard InChI is InChI=1S/C25H42O6Si/c1-10-14-19(26)21(28-17-27-7)22-23(31-32(8,9)24(2,3)4)20(29-25(5,6)30-22)18-15-12-11-13-16-18/h10-13,15-16,19-23,26H,1,14,17H2,2-9H3/t19-,20+,21-,22+,23+/m0/s1. The Labute approximate surface area is 195 Å². The zero-order valence-corrected chi connectivity index (χ0v) is 22.0. The van der Waals surface area contributed by atoms with E-state index in [0.29, 0.717) is 6.42 Å². The number of methoxy groups -OCH3 is 1. The molecule has 1 heterocycles. The molecule has 1 aliphatic heterocycles. The first-order valence-electron chi connectivity index (χ1n) is 11.3. The van der Waals surface area contributed by atoms with Gasteiger partial charge in [-0.15, -0.1) is 6.58 Å². The number of aliphatic hydroxyl groups excluding tert-OH is 1. The maximum Gasteiger partial charge on any atom is 0.192 e. The Balaban J connectivity index is 2.57. The van der Waals surface area contributed by atoms with Crippen molar-refractivity contribution < 1.29 is 28.5 Å². The van der Waals surface area contributed by atoms with Crippen molar-refractivity contribution in [3.05, 3.63) is 48.6 Å². The van der Waals surface area contributed by atoms with Gasteiger partial charge in [-0.3, -0.25) is 0 Å². The van der Waals surface area contributed by atoms with E-state index in [2.05, 4.69) is 40.4 Å². The smallest absolute Gasteiger partial charge is 0.192 e. The van der Waals surface area contributed by atoms with Gasteiger partial charge in [0, 0.05) is 7.11 Å². The molecule has 0 aromatic heterocycles. The van der Waals surface area contributed by atoms with E-state index in [0.717, 1.165) is 5.56 Å². The van der Waals surface area contributed by atoms with Crippen LogP contribution in [0.3, 0.4) is 0 Å². The molecule has 1 aromatic rings. The van der Waals surface area contributed by atoms with Crippen molar-refractivity contribution in [3.63, 3.8) is 0 Å². The molecule has 0 saturated carbocycles. The first kappa shape index (κ1) is 27.2. The molecule has 0 radical (unpaired) electrons. The van der Waals surface area contributed by atoms with Crippen LogP contribution in [-0.4, -0.2) is 57.5 Å². The monoisotopic (exact) mass is 466 g/mol. The molecule has 0 bridgehead atoms. The van der Waals surface area contributed by atoms with Crippen LogP contribution in [0.2, 0.25) is 18.1 Å². The highest BCUT2D eigenvalue weighted by Crippen LogP contribution is 2.45. The average Bonchev–Trinajstić information content (AvgIpc) is 2.69. The van der Waals surface area contributed by atoms with Crippen molar-refractivity contribution in [2.24, 2.45) is 0 Å². The van der Waals surface area contributed by atoms with Gasteiger partial charge in [-0.25, -0.2) is 0 Å². The second-order valence-electron chi connectivity index (χ2n) is 10.4. The molecule has 1 N–H and O–H groups in total. The lowest BCUT2D eigenvalue weighted by molar-refractivity contribution is -0.354. The van der Waals surface area contributed by atoms with E-state index < -0.39 is 38.5 Å². The number of hydrogen-bond acceptors (Lipinski definition) is 6. The molecule has 0 aliphatic carbocycles. The van der Waals surface area contributed by atoms with Gasteiger partial charge in [0.2, 0.25) is 0 Å². The van der Waals surface area contributed by atoms with Gasteiger partial charge in [0.1, 0.15) is 31.2 Å². The van der Waals surface area contributed by atoms with Crippen molar-refractivity contribution in [2.45, 2.75) is 95.5 Å². The summed E-state index contributed by atoms with van der Waals surface area (Å²) in [4.78, 5) is 0. The topological polar surface area (TPSA) is 66.4 Å². The Morgan fingerprint density at radius 2 is 1.81 bits per heavy atom. The molecule has 1 aliphatic rings. The second kappa shape index (κ2) is 10.9. The molecule has 6 nitrogen and oxygen atoms in total. The van der Waals surface area contributed by atoms with Crippen LogP contribution in [0.1, 0.15) is 52.7 Å². The van der Waals surface area contributed by atoms with E-state index in [9.17, 15) is 5.11 Å². The lowest BCUT2D eigenvalue weighted by Gasteiger charge is -2.52. The lowest BCUT2D eigenvalue weighted by Crippen LogP contribution is -2.61. The highest BCUT2D eigenvalue weighted by molar-refractivity contribution is 6.74. The molecule has 5 atom stereocenters. The summed E-state index contributed by atoms with van der Waals surface area (Å²) in [5, 5.41) is 11.0. The van der Waals surface area contributed by atoms with Gasteiger partial charge in [-0.1, -0.05) is 57.2 Å². The summed E-state index contributed by atoms with van der Waals surface area (Å²) in [7, 11) is -0.676. The minimum Gasteiger partial charge on any atom is -0.408 e. The van der Waals surface area contributed by atoms with Crippen LogP contribution in [-0.2, 0) is 23.4 Å². The predicted octanol–water partition coefficient (Wildman–Crippen LogP) is 5.20. The molecule has 1 aromatic carbocycles.